The van der Waals surface area contributed by atoms with Crippen molar-refractivity contribution in [1.29, 1.82) is 0 Å². The molecule has 0 spiro atoms. The van der Waals surface area contributed by atoms with Gasteiger partial charge in [-0.3, -0.25) is 0 Å². The van der Waals surface area contributed by atoms with Crippen molar-refractivity contribution >= 4 is 23.9 Å². The van der Waals surface area contributed by atoms with Gasteiger partial charge < -0.3 is 52.1 Å². The van der Waals surface area contributed by atoms with Crippen LogP contribution in [0.3, 0.4) is 0 Å². The molecule has 4 aromatic carbocycles. The lowest BCUT2D eigenvalue weighted by atomic mass is 9.97. The van der Waals surface area contributed by atoms with Crippen LogP contribution >= 0.6 is 0 Å². The average Bonchev–Trinajstić information content (AvgIpc) is 3.78. The first-order valence-electron chi connectivity index (χ1n) is 20.0. The Morgan fingerprint density at radius 2 is 0.885 bits per heavy atom. The third kappa shape index (κ3) is 9.68. The fourth-order valence-corrected chi connectivity index (χ4v) is 7.68. The van der Waals surface area contributed by atoms with Crippen LogP contribution in [0.4, 0.5) is 0 Å². The third-order valence-electron chi connectivity index (χ3n) is 10.4. The van der Waals surface area contributed by atoms with Gasteiger partial charge in [0.05, 0.1) is 28.9 Å². The quantitative estimate of drug-likeness (QED) is 0.126. The van der Waals surface area contributed by atoms with E-state index in [1.807, 2.05) is 0 Å². The Balaban J connectivity index is 1.16. The molecule has 10 atom stereocenters. The lowest BCUT2D eigenvalue weighted by molar-refractivity contribution is -0.313. The van der Waals surface area contributed by atoms with Gasteiger partial charge in [0, 0.05) is 0 Å². The lowest BCUT2D eigenvalue weighted by Gasteiger charge is -2.45. The van der Waals surface area contributed by atoms with Crippen LogP contribution in [0.1, 0.15) is 69.1 Å². The summed E-state index contributed by atoms with van der Waals surface area (Å²) in [6.45, 7) is 6.29. The van der Waals surface area contributed by atoms with Gasteiger partial charge in [-0.25, -0.2) is 19.2 Å². The summed E-state index contributed by atoms with van der Waals surface area (Å²) in [5.41, 5.74) is 0.724. The van der Waals surface area contributed by atoms with Crippen molar-refractivity contribution in [2.75, 3.05) is 13.2 Å². The standard InChI is InChI=1S/C46H46O15/c1-45(2)58-34-32(54-44-38(36(34)59-45)60-46(3,4)61-44)26-52-43-37(57-42(50)30-23-15-8-16-24-30)35(56-41(49)29-21-13-7-14-22-29)33(55-40(48)28-19-11-6-12-20-28)31(53-43)25-51-39(47)27-17-9-5-10-18-27/h5-24,31-38,43-44H,25-26H2,1-4H3/t31?,32?,33-,34+,35?,36?,37?,38?,43-,44-/m1/s1. The summed E-state index contributed by atoms with van der Waals surface area (Å²) in [4.78, 5) is 55.1. The highest BCUT2D eigenvalue weighted by Crippen LogP contribution is 2.44. The summed E-state index contributed by atoms with van der Waals surface area (Å²) < 4.78 is 68.4. The molecule has 6 unspecified atom stereocenters. The molecule has 0 aromatic heterocycles. The maximum atomic E-state index is 14.0. The molecule has 4 fully saturated rings. The molecule has 4 saturated heterocycles. The van der Waals surface area contributed by atoms with Gasteiger partial charge in [0.15, 0.2) is 42.5 Å². The molecule has 61 heavy (non-hydrogen) atoms. The highest BCUT2D eigenvalue weighted by Gasteiger charge is 2.61. The number of carbonyl (C=O) groups is 4. The zero-order valence-corrected chi connectivity index (χ0v) is 33.9. The molecule has 0 radical (unpaired) electrons. The van der Waals surface area contributed by atoms with Gasteiger partial charge in [-0.05, 0) is 76.2 Å². The van der Waals surface area contributed by atoms with Gasteiger partial charge in [0.25, 0.3) is 0 Å². The maximum absolute atomic E-state index is 14.0. The number of fused-ring (bicyclic) bond motifs is 3. The monoisotopic (exact) mass is 838 g/mol. The zero-order chi connectivity index (χ0) is 42.7. The summed E-state index contributed by atoms with van der Waals surface area (Å²) in [6.07, 6.45) is -11.3. The first kappa shape index (κ1) is 42.2. The van der Waals surface area contributed by atoms with Crippen LogP contribution in [-0.4, -0.2) is 110 Å². The second-order valence-corrected chi connectivity index (χ2v) is 15.8. The summed E-state index contributed by atoms with van der Waals surface area (Å²) in [6, 6.07) is 32.6. The van der Waals surface area contributed by atoms with E-state index in [2.05, 4.69) is 0 Å². The second kappa shape index (κ2) is 17.8. The second-order valence-electron chi connectivity index (χ2n) is 15.8. The van der Waals surface area contributed by atoms with Gasteiger partial charge in [-0.15, -0.1) is 0 Å². The summed E-state index contributed by atoms with van der Waals surface area (Å²) in [7, 11) is 0. The molecular formula is C46H46O15. The van der Waals surface area contributed by atoms with Gasteiger partial charge >= 0.3 is 23.9 Å². The van der Waals surface area contributed by atoms with E-state index in [-0.39, 0.29) is 28.9 Å². The van der Waals surface area contributed by atoms with Crippen LogP contribution in [0, 0.1) is 0 Å². The molecule has 320 valence electrons. The van der Waals surface area contributed by atoms with E-state index < -0.39 is 103 Å². The van der Waals surface area contributed by atoms with Crippen molar-refractivity contribution < 1.29 is 71.3 Å². The molecular weight excluding hydrogens is 792 g/mol. The van der Waals surface area contributed by atoms with Gasteiger partial charge in [-0.1, -0.05) is 72.8 Å². The number of rotatable bonds is 12. The molecule has 0 amide bonds. The number of benzene rings is 4. The van der Waals surface area contributed by atoms with Crippen molar-refractivity contribution in [1.82, 2.24) is 0 Å². The molecule has 0 aliphatic carbocycles. The SMILES string of the molecule is CC1(C)OC2C3OC(C)(C)O[C@H]3C(CO[C@@H]3OC(COC(=O)c4ccccc4)[C@@H](OC(=O)c4ccccc4)C(OC(=O)c4ccccc4)C3OC(=O)c3ccccc3)O[C@@H]2O1. The summed E-state index contributed by atoms with van der Waals surface area (Å²) in [5.74, 6) is -5.18. The zero-order valence-electron chi connectivity index (χ0n) is 33.9. The Morgan fingerprint density at radius 1 is 0.459 bits per heavy atom. The topological polar surface area (TPSA) is 170 Å². The number of esters is 4. The van der Waals surface area contributed by atoms with E-state index in [0.717, 1.165) is 0 Å². The highest BCUT2D eigenvalue weighted by atomic mass is 16.9. The molecule has 4 heterocycles. The van der Waals surface area contributed by atoms with Crippen molar-refractivity contribution in [3.05, 3.63) is 144 Å². The minimum Gasteiger partial charge on any atom is -0.459 e. The number of ether oxygens (including phenoxy) is 11. The Morgan fingerprint density at radius 3 is 1.41 bits per heavy atom. The van der Waals surface area contributed by atoms with E-state index in [0.29, 0.717) is 0 Å². The van der Waals surface area contributed by atoms with Gasteiger partial charge in [0.1, 0.15) is 37.1 Å². The Labute approximate surface area is 352 Å². The maximum Gasteiger partial charge on any atom is 0.338 e. The molecule has 4 aliphatic rings. The van der Waals surface area contributed by atoms with Crippen LogP contribution in [0.15, 0.2) is 121 Å². The third-order valence-corrected chi connectivity index (χ3v) is 10.4. The normalized spacial score (nSPS) is 29.6. The van der Waals surface area contributed by atoms with Crippen molar-refractivity contribution in [3.8, 4) is 0 Å². The van der Waals surface area contributed by atoms with E-state index in [1.54, 1.807) is 137 Å². The lowest BCUT2D eigenvalue weighted by Crippen LogP contribution is -2.64. The predicted molar refractivity (Wildman–Crippen MR) is 211 cm³/mol. The van der Waals surface area contributed by atoms with Crippen LogP contribution in [-0.2, 0) is 52.1 Å². The fraction of sp³-hybridized carbons (Fsp3) is 0.391. The molecule has 0 bridgehead atoms. The molecule has 0 N–H and O–H groups in total. The number of hydrogen-bond acceptors (Lipinski definition) is 15. The fourth-order valence-electron chi connectivity index (χ4n) is 7.68. The Kier molecular flexibility index (Phi) is 12.3. The Hall–Kier alpha value is -5.52. The van der Waals surface area contributed by atoms with E-state index in [9.17, 15) is 19.2 Å². The molecule has 4 aromatic rings. The van der Waals surface area contributed by atoms with Crippen molar-refractivity contribution in [2.24, 2.45) is 0 Å². The first-order valence-corrected chi connectivity index (χ1v) is 20.0. The van der Waals surface area contributed by atoms with E-state index >= 15 is 0 Å². The van der Waals surface area contributed by atoms with Crippen LogP contribution in [0.25, 0.3) is 0 Å². The number of carbonyl (C=O) groups excluding carboxylic acids is 4. The Bertz CT molecular complexity index is 2150. The van der Waals surface area contributed by atoms with Gasteiger partial charge in [-0.2, -0.15) is 0 Å². The largest absolute Gasteiger partial charge is 0.459 e. The minimum atomic E-state index is -1.60. The average molecular weight is 839 g/mol. The van der Waals surface area contributed by atoms with Crippen LogP contribution in [0.2, 0.25) is 0 Å². The smallest absolute Gasteiger partial charge is 0.338 e. The molecule has 15 heteroatoms. The highest BCUT2D eigenvalue weighted by molar-refractivity contribution is 5.91. The van der Waals surface area contributed by atoms with Crippen molar-refractivity contribution in [2.45, 2.75) is 101 Å². The van der Waals surface area contributed by atoms with Crippen molar-refractivity contribution in [3.63, 3.8) is 0 Å². The van der Waals surface area contributed by atoms with E-state index in [4.69, 9.17) is 52.1 Å². The minimum absolute atomic E-state index is 0.152. The molecule has 0 saturated carbocycles. The van der Waals surface area contributed by atoms with Crippen LogP contribution < -0.4 is 0 Å². The molecule has 15 nitrogen and oxygen atoms in total. The van der Waals surface area contributed by atoms with Gasteiger partial charge in [0.2, 0.25) is 0 Å². The van der Waals surface area contributed by atoms with E-state index in [1.165, 1.54) is 12.1 Å². The summed E-state index contributed by atoms with van der Waals surface area (Å²) in [5, 5.41) is 0. The van der Waals surface area contributed by atoms with Crippen LogP contribution in [0.5, 0.6) is 0 Å². The first-order chi connectivity index (χ1) is 29.3. The predicted octanol–water partition coefficient (Wildman–Crippen LogP) is 5.66. The molecule has 4 aliphatic heterocycles. The molecule has 8 rings (SSSR count). The summed E-state index contributed by atoms with van der Waals surface area (Å²) >= 11 is 0. The number of hydrogen-bond donors (Lipinski definition) is 0.